The molecule has 1 aliphatic heterocycles. The predicted octanol–water partition coefficient (Wildman–Crippen LogP) is 1.26. The molecule has 30 heavy (non-hydrogen) atoms. The lowest BCUT2D eigenvalue weighted by molar-refractivity contribution is -0.149. The van der Waals surface area contributed by atoms with E-state index in [0.29, 0.717) is 31.6 Å². The highest BCUT2D eigenvalue weighted by molar-refractivity contribution is 5.74. The van der Waals surface area contributed by atoms with Crippen LogP contribution < -0.4 is 16.6 Å². The van der Waals surface area contributed by atoms with Gasteiger partial charge in [0.25, 0.3) is 5.56 Å². The van der Waals surface area contributed by atoms with Gasteiger partial charge in [-0.25, -0.2) is 9.67 Å². The van der Waals surface area contributed by atoms with E-state index in [4.69, 9.17) is 5.73 Å². The SMILES string of the molecule is NC(c1ccc(-n2ncc3c(=O)n(CC4(O)CCNCC4)cnc32)cc1)C(F)(F)F. The second-order valence-electron chi connectivity index (χ2n) is 7.56. The minimum atomic E-state index is -4.54. The van der Waals surface area contributed by atoms with Crippen LogP contribution in [0.3, 0.4) is 0 Å². The Hall–Kier alpha value is -2.76. The summed E-state index contributed by atoms with van der Waals surface area (Å²) >= 11 is 0. The molecule has 160 valence electrons. The van der Waals surface area contributed by atoms with Crippen LogP contribution in [-0.4, -0.2) is 49.3 Å². The molecule has 3 heterocycles. The van der Waals surface area contributed by atoms with E-state index in [1.54, 1.807) is 0 Å². The minimum Gasteiger partial charge on any atom is -0.388 e. The number of hydrogen-bond donors (Lipinski definition) is 3. The fourth-order valence-corrected chi connectivity index (χ4v) is 3.63. The Morgan fingerprint density at radius 3 is 2.53 bits per heavy atom. The van der Waals surface area contributed by atoms with Gasteiger partial charge in [0.2, 0.25) is 0 Å². The van der Waals surface area contributed by atoms with Crippen LogP contribution in [0, 0.1) is 0 Å². The lowest BCUT2D eigenvalue weighted by Crippen LogP contribution is -2.46. The van der Waals surface area contributed by atoms with E-state index in [-0.39, 0.29) is 28.7 Å². The first-order chi connectivity index (χ1) is 14.2. The van der Waals surface area contributed by atoms with Crippen molar-refractivity contribution in [3.05, 3.63) is 52.7 Å². The van der Waals surface area contributed by atoms with Crippen LogP contribution in [0.2, 0.25) is 0 Å². The maximum atomic E-state index is 12.8. The Kier molecular flexibility index (Phi) is 5.12. The number of alkyl halides is 3. The molecule has 1 unspecified atom stereocenters. The van der Waals surface area contributed by atoms with Gasteiger partial charge in [0.15, 0.2) is 5.65 Å². The first kappa shape index (κ1) is 20.5. The number of piperidine rings is 1. The number of nitrogens with two attached hydrogens (primary N) is 1. The van der Waals surface area contributed by atoms with Crippen molar-refractivity contribution in [1.82, 2.24) is 24.6 Å². The number of aromatic nitrogens is 4. The Morgan fingerprint density at radius 1 is 1.23 bits per heavy atom. The van der Waals surface area contributed by atoms with Crippen LogP contribution in [0.25, 0.3) is 16.7 Å². The smallest absolute Gasteiger partial charge is 0.388 e. The molecule has 1 atom stereocenters. The number of aliphatic hydroxyl groups is 1. The molecule has 0 amide bonds. The van der Waals surface area contributed by atoms with Crippen molar-refractivity contribution in [2.45, 2.75) is 37.2 Å². The molecule has 1 aromatic carbocycles. The third-order valence-corrected chi connectivity index (χ3v) is 5.40. The van der Waals surface area contributed by atoms with Crippen LogP contribution >= 0.6 is 0 Å². The molecule has 4 rings (SSSR count). The molecule has 0 saturated carbocycles. The van der Waals surface area contributed by atoms with E-state index in [1.165, 1.54) is 46.0 Å². The standard InChI is InChI=1S/C19H21F3N6O2/c20-19(21,22)15(23)12-1-3-13(4-2-12)28-16-14(9-26-28)17(29)27(11-25-16)10-18(30)5-7-24-8-6-18/h1-4,9,11,15,24,30H,5-8,10,23H2. The molecule has 2 aromatic heterocycles. The monoisotopic (exact) mass is 422 g/mol. The van der Waals surface area contributed by atoms with Gasteiger partial charge < -0.3 is 16.2 Å². The summed E-state index contributed by atoms with van der Waals surface area (Å²) in [6, 6.07) is 3.35. The van der Waals surface area contributed by atoms with E-state index < -0.39 is 17.8 Å². The first-order valence-electron chi connectivity index (χ1n) is 9.47. The number of fused-ring (bicyclic) bond motifs is 1. The molecule has 8 nitrogen and oxygen atoms in total. The predicted molar refractivity (Wildman–Crippen MR) is 103 cm³/mol. The Bertz CT molecular complexity index is 1100. The number of rotatable bonds is 4. The van der Waals surface area contributed by atoms with Gasteiger partial charge in [-0.15, -0.1) is 0 Å². The number of nitrogens with zero attached hydrogens (tertiary/aromatic N) is 4. The summed E-state index contributed by atoms with van der Waals surface area (Å²) in [4.78, 5) is 17.1. The van der Waals surface area contributed by atoms with Crippen molar-refractivity contribution in [1.29, 1.82) is 0 Å². The van der Waals surface area contributed by atoms with Gasteiger partial charge in [-0.1, -0.05) is 12.1 Å². The highest BCUT2D eigenvalue weighted by atomic mass is 19.4. The molecule has 0 aliphatic carbocycles. The van der Waals surface area contributed by atoms with E-state index in [1.807, 2.05) is 0 Å². The summed E-state index contributed by atoms with van der Waals surface area (Å²) in [5, 5.41) is 18.3. The average molecular weight is 422 g/mol. The van der Waals surface area contributed by atoms with E-state index in [9.17, 15) is 23.1 Å². The number of hydrogen-bond acceptors (Lipinski definition) is 6. The highest BCUT2D eigenvalue weighted by Crippen LogP contribution is 2.30. The lowest BCUT2D eigenvalue weighted by Gasteiger charge is -2.32. The van der Waals surface area contributed by atoms with Gasteiger partial charge in [0.1, 0.15) is 17.8 Å². The molecule has 1 aliphatic rings. The van der Waals surface area contributed by atoms with Crippen LogP contribution in [-0.2, 0) is 6.54 Å². The lowest BCUT2D eigenvalue weighted by atomic mass is 9.92. The molecule has 1 saturated heterocycles. The number of nitrogens with one attached hydrogen (secondary N) is 1. The maximum absolute atomic E-state index is 12.8. The number of benzene rings is 1. The highest BCUT2D eigenvalue weighted by Gasteiger charge is 2.37. The van der Waals surface area contributed by atoms with Crippen molar-refractivity contribution in [3.8, 4) is 5.69 Å². The fourth-order valence-electron chi connectivity index (χ4n) is 3.63. The molecule has 1 fully saturated rings. The first-order valence-corrected chi connectivity index (χ1v) is 9.47. The fraction of sp³-hybridized carbons (Fsp3) is 0.421. The zero-order chi connectivity index (χ0) is 21.5. The zero-order valence-electron chi connectivity index (χ0n) is 15.9. The maximum Gasteiger partial charge on any atom is 0.407 e. The Labute approximate surface area is 169 Å². The second kappa shape index (κ2) is 7.49. The largest absolute Gasteiger partial charge is 0.407 e. The normalized spacial score (nSPS) is 17.9. The van der Waals surface area contributed by atoms with Gasteiger partial charge >= 0.3 is 6.18 Å². The molecule has 0 bridgehead atoms. The summed E-state index contributed by atoms with van der Waals surface area (Å²) in [6.07, 6.45) is -0.753. The van der Waals surface area contributed by atoms with Crippen molar-refractivity contribution >= 4 is 11.0 Å². The topological polar surface area (TPSA) is 111 Å². The Balaban J connectivity index is 1.64. The van der Waals surface area contributed by atoms with Gasteiger partial charge in [-0.2, -0.15) is 18.3 Å². The van der Waals surface area contributed by atoms with Crippen LogP contribution in [0.4, 0.5) is 13.2 Å². The van der Waals surface area contributed by atoms with Crippen molar-refractivity contribution in [2.24, 2.45) is 5.73 Å². The Morgan fingerprint density at radius 2 is 1.90 bits per heavy atom. The van der Waals surface area contributed by atoms with Gasteiger partial charge in [-0.3, -0.25) is 9.36 Å². The third kappa shape index (κ3) is 3.83. The minimum absolute atomic E-state index is 0.0757. The number of halogens is 3. The zero-order valence-corrected chi connectivity index (χ0v) is 15.9. The van der Waals surface area contributed by atoms with Gasteiger partial charge in [-0.05, 0) is 43.6 Å². The van der Waals surface area contributed by atoms with Crippen molar-refractivity contribution < 1.29 is 18.3 Å². The molecule has 0 spiro atoms. The van der Waals surface area contributed by atoms with Crippen LogP contribution in [0.5, 0.6) is 0 Å². The van der Waals surface area contributed by atoms with Crippen molar-refractivity contribution in [2.75, 3.05) is 13.1 Å². The second-order valence-corrected chi connectivity index (χ2v) is 7.56. The van der Waals surface area contributed by atoms with E-state index in [0.717, 1.165) is 0 Å². The van der Waals surface area contributed by atoms with Gasteiger partial charge in [0.05, 0.1) is 24.0 Å². The summed E-state index contributed by atoms with van der Waals surface area (Å²) in [7, 11) is 0. The average Bonchev–Trinajstić information content (AvgIpc) is 3.14. The van der Waals surface area contributed by atoms with Gasteiger partial charge in [0, 0.05) is 0 Å². The molecule has 3 aromatic rings. The quantitative estimate of drug-likeness (QED) is 0.584. The summed E-state index contributed by atoms with van der Waals surface area (Å²) in [5.41, 5.74) is 4.56. The van der Waals surface area contributed by atoms with E-state index in [2.05, 4.69) is 15.4 Å². The summed E-state index contributed by atoms with van der Waals surface area (Å²) < 4.78 is 41.1. The summed E-state index contributed by atoms with van der Waals surface area (Å²) in [5.74, 6) is 0. The van der Waals surface area contributed by atoms with E-state index >= 15 is 0 Å². The molecule has 0 radical (unpaired) electrons. The molecule has 11 heteroatoms. The molecular weight excluding hydrogens is 401 g/mol. The summed E-state index contributed by atoms with van der Waals surface area (Å²) in [6.45, 7) is 1.48. The van der Waals surface area contributed by atoms with Crippen LogP contribution in [0.1, 0.15) is 24.4 Å². The third-order valence-electron chi connectivity index (χ3n) is 5.40. The molecular formula is C19H21F3N6O2. The van der Waals surface area contributed by atoms with Crippen molar-refractivity contribution in [3.63, 3.8) is 0 Å². The van der Waals surface area contributed by atoms with Crippen LogP contribution in [0.15, 0.2) is 41.6 Å². The molecule has 4 N–H and O–H groups in total.